The fourth-order valence-corrected chi connectivity index (χ4v) is 4.59. The van der Waals surface area contributed by atoms with Crippen LogP contribution in [0.5, 0.6) is 5.75 Å². The van der Waals surface area contributed by atoms with Gasteiger partial charge in [-0.25, -0.2) is 0 Å². The minimum Gasteiger partial charge on any atom is -0.508 e. The molecule has 3 rings (SSSR count). The fourth-order valence-electron chi connectivity index (χ4n) is 4.59. The van der Waals surface area contributed by atoms with Gasteiger partial charge in [0.05, 0.1) is 5.92 Å². The molecule has 1 heterocycles. The summed E-state index contributed by atoms with van der Waals surface area (Å²) in [5.41, 5.74) is 1.87. The van der Waals surface area contributed by atoms with Crippen molar-refractivity contribution in [1.29, 1.82) is 0 Å². The molecule has 4 heteroatoms. The van der Waals surface area contributed by atoms with E-state index in [0.717, 1.165) is 25.1 Å². The molecule has 1 aliphatic heterocycles. The quantitative estimate of drug-likeness (QED) is 0.650. The predicted molar refractivity (Wildman–Crippen MR) is 125 cm³/mol. The van der Waals surface area contributed by atoms with E-state index in [2.05, 4.69) is 36.9 Å². The van der Waals surface area contributed by atoms with Gasteiger partial charge in [0, 0.05) is 13.1 Å². The number of aromatic hydroxyl groups is 1. The Morgan fingerprint density at radius 1 is 1.19 bits per heavy atom. The van der Waals surface area contributed by atoms with Crippen LogP contribution in [0.2, 0.25) is 0 Å². The van der Waals surface area contributed by atoms with Gasteiger partial charge in [0.15, 0.2) is 0 Å². The van der Waals surface area contributed by atoms with Crippen LogP contribution in [-0.4, -0.2) is 41.2 Å². The third-order valence-corrected chi connectivity index (χ3v) is 6.62. The summed E-state index contributed by atoms with van der Waals surface area (Å²) in [5, 5.41) is 9.95. The van der Waals surface area contributed by atoms with E-state index in [1.54, 1.807) is 6.07 Å². The van der Waals surface area contributed by atoms with Gasteiger partial charge < -0.3 is 14.7 Å². The van der Waals surface area contributed by atoms with Crippen LogP contribution in [0.3, 0.4) is 0 Å². The summed E-state index contributed by atoms with van der Waals surface area (Å²) in [4.78, 5) is 15.4. The molecular weight excluding hydrogens is 386 g/mol. The van der Waals surface area contributed by atoms with Crippen molar-refractivity contribution in [2.75, 3.05) is 19.6 Å². The first-order chi connectivity index (χ1) is 14.6. The van der Waals surface area contributed by atoms with Crippen LogP contribution in [-0.2, 0) is 21.4 Å². The van der Waals surface area contributed by atoms with Gasteiger partial charge in [-0.15, -0.1) is 0 Å². The van der Waals surface area contributed by atoms with Gasteiger partial charge in [-0.05, 0) is 74.8 Å². The van der Waals surface area contributed by atoms with Crippen LogP contribution >= 0.6 is 0 Å². The lowest BCUT2D eigenvalue weighted by atomic mass is 9.68. The van der Waals surface area contributed by atoms with Crippen LogP contribution in [0.25, 0.3) is 0 Å². The van der Waals surface area contributed by atoms with Crippen molar-refractivity contribution in [3.63, 3.8) is 0 Å². The summed E-state index contributed by atoms with van der Waals surface area (Å²) in [7, 11) is 0. The van der Waals surface area contributed by atoms with E-state index in [1.807, 2.05) is 51.1 Å². The van der Waals surface area contributed by atoms with Gasteiger partial charge in [0.1, 0.15) is 11.4 Å². The fraction of sp³-hybridized carbons (Fsp3) is 0.519. The number of piperidine rings is 1. The first-order valence-corrected chi connectivity index (χ1v) is 11.4. The number of hydrogen-bond acceptors (Lipinski definition) is 4. The van der Waals surface area contributed by atoms with Gasteiger partial charge in [-0.1, -0.05) is 56.3 Å². The Hall–Kier alpha value is -2.33. The summed E-state index contributed by atoms with van der Waals surface area (Å²) in [6, 6.07) is 17.9. The molecule has 1 saturated heterocycles. The number of benzene rings is 2. The molecule has 1 fully saturated rings. The molecule has 0 bridgehead atoms. The molecule has 3 atom stereocenters. The molecule has 0 aromatic heterocycles. The van der Waals surface area contributed by atoms with Crippen molar-refractivity contribution >= 4 is 5.97 Å². The lowest BCUT2D eigenvalue weighted by molar-refractivity contribution is -0.160. The van der Waals surface area contributed by atoms with Crippen LogP contribution in [0.4, 0.5) is 0 Å². The second-order valence-corrected chi connectivity index (χ2v) is 10.3. The highest BCUT2D eigenvalue weighted by atomic mass is 16.6. The Labute approximate surface area is 187 Å². The molecule has 1 N–H and O–H groups in total. The molecule has 1 unspecified atom stereocenters. The summed E-state index contributed by atoms with van der Waals surface area (Å²) < 4.78 is 5.77. The lowest BCUT2D eigenvalue weighted by Gasteiger charge is -2.45. The molecule has 0 radical (unpaired) electrons. The van der Waals surface area contributed by atoms with Crippen molar-refractivity contribution in [2.24, 2.45) is 11.8 Å². The summed E-state index contributed by atoms with van der Waals surface area (Å²) in [6.07, 6.45) is 1.68. The molecular formula is C27H37NO3. The van der Waals surface area contributed by atoms with Crippen LogP contribution < -0.4 is 0 Å². The number of phenols is 1. The monoisotopic (exact) mass is 423 g/mol. The zero-order chi connectivity index (χ0) is 22.6. The minimum atomic E-state index is -0.491. The van der Waals surface area contributed by atoms with Gasteiger partial charge in [0.25, 0.3) is 0 Å². The van der Waals surface area contributed by atoms with Gasteiger partial charge >= 0.3 is 5.97 Å². The lowest BCUT2D eigenvalue weighted by Crippen LogP contribution is -2.49. The molecule has 0 amide bonds. The molecule has 31 heavy (non-hydrogen) atoms. The highest BCUT2D eigenvalue weighted by Gasteiger charge is 2.39. The van der Waals surface area contributed by atoms with Crippen LogP contribution in [0, 0.1) is 11.8 Å². The molecule has 0 aliphatic carbocycles. The number of likely N-dealkylation sites (tertiary alicyclic amines) is 1. The largest absolute Gasteiger partial charge is 0.508 e. The van der Waals surface area contributed by atoms with Crippen molar-refractivity contribution in [3.05, 3.63) is 65.7 Å². The maximum Gasteiger partial charge on any atom is 0.311 e. The SMILES string of the molecule is C[C@H]1CN(CC(Cc2ccccc2)C(=O)OC(C)(C)C)CC[C@@]1(C)c1cccc(O)c1. The second-order valence-electron chi connectivity index (χ2n) is 10.3. The van der Waals surface area contributed by atoms with E-state index >= 15 is 0 Å². The smallest absolute Gasteiger partial charge is 0.311 e. The molecule has 0 spiro atoms. The Morgan fingerprint density at radius 2 is 1.90 bits per heavy atom. The molecule has 168 valence electrons. The van der Waals surface area contributed by atoms with Gasteiger partial charge in [-0.3, -0.25) is 4.79 Å². The Morgan fingerprint density at radius 3 is 2.52 bits per heavy atom. The number of rotatable bonds is 6. The number of nitrogens with zero attached hydrogens (tertiary/aromatic N) is 1. The van der Waals surface area contributed by atoms with E-state index in [9.17, 15) is 9.90 Å². The predicted octanol–water partition coefficient (Wildman–Crippen LogP) is 5.19. The number of phenolic OH excluding ortho intramolecular Hbond substituents is 1. The van der Waals surface area contributed by atoms with Crippen molar-refractivity contribution in [2.45, 2.75) is 58.5 Å². The highest BCUT2D eigenvalue weighted by molar-refractivity contribution is 5.73. The Bertz CT molecular complexity index is 874. The van der Waals surface area contributed by atoms with E-state index in [4.69, 9.17) is 4.74 Å². The molecule has 2 aromatic rings. The van der Waals surface area contributed by atoms with E-state index in [1.165, 1.54) is 5.56 Å². The molecule has 2 aromatic carbocycles. The Balaban J connectivity index is 1.72. The average molecular weight is 424 g/mol. The zero-order valence-electron chi connectivity index (χ0n) is 19.6. The third kappa shape index (κ3) is 6.10. The standard InChI is InChI=1S/C27H37NO3/c1-20-18-28(15-14-27(20,5)23-12-9-13-24(29)17-23)19-22(25(30)31-26(2,3)4)16-21-10-7-6-8-11-21/h6-13,17,20,22,29H,14-16,18-19H2,1-5H3/t20-,22?,27+/m0/s1. The number of hydrogen-bond donors (Lipinski definition) is 1. The first kappa shape index (κ1) is 23.3. The van der Waals surface area contributed by atoms with E-state index in [0.29, 0.717) is 24.6 Å². The third-order valence-electron chi connectivity index (χ3n) is 6.62. The topological polar surface area (TPSA) is 49.8 Å². The first-order valence-electron chi connectivity index (χ1n) is 11.4. The summed E-state index contributed by atoms with van der Waals surface area (Å²) in [5.74, 6) is 0.407. The summed E-state index contributed by atoms with van der Waals surface area (Å²) >= 11 is 0. The Kier molecular flexibility index (Phi) is 7.10. The van der Waals surface area contributed by atoms with Crippen molar-refractivity contribution in [3.8, 4) is 5.75 Å². The van der Waals surface area contributed by atoms with Gasteiger partial charge in [0.2, 0.25) is 0 Å². The zero-order valence-corrected chi connectivity index (χ0v) is 19.6. The van der Waals surface area contributed by atoms with Gasteiger partial charge in [-0.2, -0.15) is 0 Å². The highest BCUT2D eigenvalue weighted by Crippen LogP contribution is 2.40. The maximum absolute atomic E-state index is 13.0. The van der Waals surface area contributed by atoms with Crippen molar-refractivity contribution in [1.82, 2.24) is 4.90 Å². The minimum absolute atomic E-state index is 0.0100. The normalized spacial score (nSPS) is 23.3. The second kappa shape index (κ2) is 9.44. The van der Waals surface area contributed by atoms with E-state index in [-0.39, 0.29) is 17.3 Å². The number of ether oxygens (including phenoxy) is 1. The average Bonchev–Trinajstić information content (AvgIpc) is 2.70. The maximum atomic E-state index is 13.0. The van der Waals surface area contributed by atoms with Crippen LogP contribution in [0.15, 0.2) is 54.6 Å². The van der Waals surface area contributed by atoms with Crippen LogP contribution in [0.1, 0.15) is 52.2 Å². The number of carbonyl (C=O) groups is 1. The van der Waals surface area contributed by atoms with Crippen molar-refractivity contribution < 1.29 is 14.6 Å². The molecule has 4 nitrogen and oxygen atoms in total. The molecule has 1 aliphatic rings. The number of carbonyl (C=O) groups excluding carboxylic acids is 1. The molecule has 0 saturated carbocycles. The van der Waals surface area contributed by atoms with E-state index < -0.39 is 5.60 Å². The summed E-state index contributed by atoms with van der Waals surface area (Å²) in [6.45, 7) is 12.9. The number of esters is 1.